The lowest BCUT2D eigenvalue weighted by Crippen LogP contribution is -2.38. The number of benzene rings is 1. The Morgan fingerprint density at radius 1 is 1.06 bits per heavy atom. The third kappa shape index (κ3) is 5.20. The Labute approximate surface area is 187 Å². The van der Waals surface area contributed by atoms with Crippen LogP contribution in [0.4, 0.5) is 0 Å². The Hall–Kier alpha value is -2.99. The first-order chi connectivity index (χ1) is 15.1. The first-order valence-corrected chi connectivity index (χ1v) is 11.6. The van der Waals surface area contributed by atoms with Gasteiger partial charge in [-0.3, -0.25) is 14.6 Å². The summed E-state index contributed by atoms with van der Waals surface area (Å²) in [6.45, 7) is 3.91. The molecule has 0 unspecified atom stereocenters. The molecular weight excluding hydrogens is 406 g/mol. The summed E-state index contributed by atoms with van der Waals surface area (Å²) < 4.78 is 0. The van der Waals surface area contributed by atoms with Crippen LogP contribution in [0.25, 0.3) is 0 Å². The number of carbonyl (C=O) groups excluding carboxylic acids is 2. The van der Waals surface area contributed by atoms with Gasteiger partial charge in [0.25, 0.3) is 11.8 Å². The lowest BCUT2D eigenvalue weighted by atomic mass is 9.89. The fourth-order valence-corrected chi connectivity index (χ4v) is 4.76. The van der Waals surface area contributed by atoms with Crippen molar-refractivity contribution in [3.8, 4) is 0 Å². The highest BCUT2D eigenvalue weighted by Gasteiger charge is 2.28. The van der Waals surface area contributed by atoms with Crippen molar-refractivity contribution in [2.24, 2.45) is 0 Å². The lowest BCUT2D eigenvalue weighted by molar-refractivity contribution is 0.0710. The molecule has 3 aromatic rings. The number of thiophene rings is 1. The van der Waals surface area contributed by atoms with Crippen molar-refractivity contribution in [2.45, 2.75) is 32.1 Å². The molecule has 1 aliphatic rings. The molecule has 0 aliphatic carbocycles. The molecule has 4 rings (SSSR count). The molecule has 5 nitrogen and oxygen atoms in total. The molecule has 0 spiro atoms. The highest BCUT2D eigenvalue weighted by Crippen LogP contribution is 2.30. The van der Waals surface area contributed by atoms with Gasteiger partial charge in [-0.2, -0.15) is 0 Å². The second-order valence-electron chi connectivity index (χ2n) is 7.90. The highest BCUT2D eigenvalue weighted by atomic mass is 32.1. The van der Waals surface area contributed by atoms with Crippen molar-refractivity contribution in [1.29, 1.82) is 0 Å². The highest BCUT2D eigenvalue weighted by molar-refractivity contribution is 7.09. The number of amides is 2. The minimum absolute atomic E-state index is 0.0677. The Balaban J connectivity index is 1.40. The fourth-order valence-electron chi connectivity index (χ4n) is 4.05. The number of likely N-dealkylation sites (tertiary alicyclic amines) is 1. The minimum Gasteiger partial charge on any atom is -0.352 e. The van der Waals surface area contributed by atoms with Gasteiger partial charge in [-0.05, 0) is 61.9 Å². The van der Waals surface area contributed by atoms with Gasteiger partial charge in [-0.25, -0.2) is 0 Å². The average molecular weight is 434 g/mol. The minimum atomic E-state index is -0.0677. The maximum Gasteiger partial charge on any atom is 0.253 e. The molecule has 0 atom stereocenters. The monoisotopic (exact) mass is 433 g/mol. The number of nitrogens with one attached hydrogen (secondary N) is 1. The molecule has 1 aromatic carbocycles. The van der Waals surface area contributed by atoms with Crippen molar-refractivity contribution < 1.29 is 9.59 Å². The number of hydrogen-bond acceptors (Lipinski definition) is 4. The van der Waals surface area contributed by atoms with Crippen LogP contribution in [0.3, 0.4) is 0 Å². The molecule has 0 bridgehead atoms. The average Bonchev–Trinajstić information content (AvgIpc) is 3.33. The predicted octanol–water partition coefficient (Wildman–Crippen LogP) is 4.44. The molecule has 0 saturated carbocycles. The van der Waals surface area contributed by atoms with E-state index in [-0.39, 0.29) is 17.7 Å². The summed E-state index contributed by atoms with van der Waals surface area (Å²) in [6.07, 6.45) is 2.45. The second-order valence-corrected chi connectivity index (χ2v) is 8.94. The quantitative estimate of drug-likeness (QED) is 0.625. The van der Waals surface area contributed by atoms with Gasteiger partial charge in [0.15, 0.2) is 0 Å². The number of hydrogen-bond donors (Lipinski definition) is 1. The summed E-state index contributed by atoms with van der Waals surface area (Å²) in [6, 6.07) is 17.3. The van der Waals surface area contributed by atoms with E-state index in [1.54, 1.807) is 11.3 Å². The van der Waals surface area contributed by atoms with Crippen LogP contribution in [-0.4, -0.2) is 41.3 Å². The van der Waals surface area contributed by atoms with Crippen molar-refractivity contribution in [3.05, 3.63) is 87.4 Å². The van der Waals surface area contributed by atoms with Crippen molar-refractivity contribution >= 4 is 23.2 Å². The summed E-state index contributed by atoms with van der Waals surface area (Å²) in [5.41, 5.74) is 3.15. The van der Waals surface area contributed by atoms with E-state index in [4.69, 9.17) is 4.98 Å². The standard InChI is InChI=1S/C25H27N3O2S/c1-18-9-10-22(24(29)26-14-11-21-8-5-17-31-21)23(27-18)19-12-15-28(16-13-19)25(30)20-6-3-2-4-7-20/h2-10,17,19H,11-16H2,1H3,(H,26,29). The van der Waals surface area contributed by atoms with Crippen LogP contribution in [0.15, 0.2) is 60.0 Å². The van der Waals surface area contributed by atoms with Crippen molar-refractivity contribution in [2.75, 3.05) is 19.6 Å². The van der Waals surface area contributed by atoms with Gasteiger partial charge in [-0.15, -0.1) is 11.3 Å². The van der Waals surface area contributed by atoms with Crippen molar-refractivity contribution in [3.63, 3.8) is 0 Å². The zero-order valence-electron chi connectivity index (χ0n) is 17.7. The maximum absolute atomic E-state index is 12.9. The normalized spacial score (nSPS) is 14.4. The van der Waals surface area contributed by atoms with E-state index in [1.807, 2.05) is 65.7 Å². The Bertz CT molecular complexity index is 1030. The van der Waals surface area contributed by atoms with Gasteiger partial charge in [-0.1, -0.05) is 24.3 Å². The van der Waals surface area contributed by atoms with E-state index in [9.17, 15) is 9.59 Å². The third-order valence-corrected chi connectivity index (χ3v) is 6.67. The number of nitrogens with zero attached hydrogens (tertiary/aromatic N) is 2. The van der Waals surface area contributed by atoms with E-state index >= 15 is 0 Å². The lowest BCUT2D eigenvalue weighted by Gasteiger charge is -2.32. The molecule has 2 aromatic heterocycles. The molecule has 0 radical (unpaired) electrons. The number of carbonyl (C=O) groups is 2. The number of pyridine rings is 1. The second kappa shape index (κ2) is 9.88. The zero-order valence-corrected chi connectivity index (χ0v) is 18.5. The van der Waals surface area contributed by atoms with E-state index in [2.05, 4.69) is 11.4 Å². The molecule has 1 aliphatic heterocycles. The summed E-state index contributed by atoms with van der Waals surface area (Å²) in [7, 11) is 0. The van der Waals surface area contributed by atoms with Crippen LogP contribution >= 0.6 is 11.3 Å². The van der Waals surface area contributed by atoms with Crippen LogP contribution in [0.1, 0.15) is 55.7 Å². The van der Waals surface area contributed by atoms with Crippen LogP contribution < -0.4 is 5.32 Å². The molecule has 31 heavy (non-hydrogen) atoms. The largest absolute Gasteiger partial charge is 0.352 e. The molecule has 160 valence electrons. The number of aromatic nitrogens is 1. The molecule has 1 N–H and O–H groups in total. The van der Waals surface area contributed by atoms with Gasteiger partial charge < -0.3 is 10.2 Å². The van der Waals surface area contributed by atoms with E-state index < -0.39 is 0 Å². The molecule has 1 saturated heterocycles. The van der Waals surface area contributed by atoms with Crippen LogP contribution in [0.2, 0.25) is 0 Å². The van der Waals surface area contributed by atoms with E-state index in [0.29, 0.717) is 25.2 Å². The van der Waals surface area contributed by atoms with Gasteiger partial charge >= 0.3 is 0 Å². The fraction of sp³-hybridized carbons (Fsp3) is 0.320. The SMILES string of the molecule is Cc1ccc(C(=O)NCCc2cccs2)c(C2CCN(C(=O)c3ccccc3)CC2)n1. The van der Waals surface area contributed by atoms with E-state index in [1.165, 1.54) is 4.88 Å². The molecule has 3 heterocycles. The van der Waals surface area contributed by atoms with Gasteiger partial charge in [0.2, 0.25) is 0 Å². The number of aryl methyl sites for hydroxylation is 1. The first-order valence-electron chi connectivity index (χ1n) is 10.7. The molecular formula is C25H27N3O2S. The van der Waals surface area contributed by atoms with Crippen LogP contribution in [0.5, 0.6) is 0 Å². The molecule has 6 heteroatoms. The Kier molecular flexibility index (Phi) is 6.77. The number of rotatable bonds is 6. The van der Waals surface area contributed by atoms with Crippen LogP contribution in [0, 0.1) is 6.92 Å². The van der Waals surface area contributed by atoms with E-state index in [0.717, 1.165) is 36.2 Å². The summed E-state index contributed by atoms with van der Waals surface area (Å²) in [5, 5.41) is 5.10. The first kappa shape index (κ1) is 21.2. The molecule has 1 fully saturated rings. The van der Waals surface area contributed by atoms with Gasteiger partial charge in [0, 0.05) is 41.7 Å². The molecule has 2 amide bonds. The van der Waals surface area contributed by atoms with Gasteiger partial charge in [0.1, 0.15) is 0 Å². The Morgan fingerprint density at radius 2 is 1.84 bits per heavy atom. The topological polar surface area (TPSA) is 62.3 Å². The maximum atomic E-state index is 12.9. The summed E-state index contributed by atoms with van der Waals surface area (Å²) >= 11 is 1.70. The zero-order chi connectivity index (χ0) is 21.6. The smallest absolute Gasteiger partial charge is 0.253 e. The number of piperidine rings is 1. The van der Waals surface area contributed by atoms with Gasteiger partial charge in [0.05, 0.1) is 11.3 Å². The van der Waals surface area contributed by atoms with Crippen LogP contribution in [-0.2, 0) is 6.42 Å². The van der Waals surface area contributed by atoms with Crippen molar-refractivity contribution in [1.82, 2.24) is 15.2 Å². The summed E-state index contributed by atoms with van der Waals surface area (Å²) in [4.78, 5) is 33.5. The Morgan fingerprint density at radius 3 is 2.55 bits per heavy atom. The third-order valence-electron chi connectivity index (χ3n) is 5.74. The predicted molar refractivity (Wildman–Crippen MR) is 124 cm³/mol. The summed E-state index contributed by atoms with van der Waals surface area (Å²) in [5.74, 6) is 0.183.